The number of aromatic carboxylic acids is 1. The summed E-state index contributed by atoms with van der Waals surface area (Å²) in [4.78, 5) is 37.7. The summed E-state index contributed by atoms with van der Waals surface area (Å²) in [5, 5.41) is 13.6. The summed E-state index contributed by atoms with van der Waals surface area (Å²) in [7, 11) is 0. The minimum absolute atomic E-state index is 0.0996. The Balaban J connectivity index is 1.73. The highest BCUT2D eigenvalue weighted by molar-refractivity contribution is 9.10. The molecule has 2 amide bonds. The lowest BCUT2D eigenvalue weighted by molar-refractivity contribution is -0.254. The first kappa shape index (κ1) is 20.2. The Kier molecular flexibility index (Phi) is 6.28. The highest BCUT2D eigenvalue weighted by atomic mass is 79.9. The monoisotopic (exact) mass is 475 g/mol. The van der Waals surface area contributed by atoms with Crippen molar-refractivity contribution in [2.24, 2.45) is 0 Å². The number of thioether (sulfide) groups is 1. The van der Waals surface area contributed by atoms with Crippen molar-refractivity contribution in [3.05, 3.63) is 69.0 Å². The zero-order valence-electron chi connectivity index (χ0n) is 14.2. The van der Waals surface area contributed by atoms with Gasteiger partial charge in [0.15, 0.2) is 0 Å². The van der Waals surface area contributed by atoms with Gasteiger partial charge >= 0.3 is 0 Å². The molecule has 0 aliphatic carbocycles. The Labute approximate surface area is 178 Å². The Bertz CT molecular complexity index is 1020. The number of carbonyl (C=O) groups is 3. The lowest BCUT2D eigenvalue weighted by Gasteiger charge is -2.16. The van der Waals surface area contributed by atoms with Crippen LogP contribution in [0.1, 0.15) is 15.9 Å². The second-order valence-electron chi connectivity index (χ2n) is 5.70. The number of nitrogens with zero attached hydrogens (tertiary/aromatic N) is 1. The van der Waals surface area contributed by atoms with Crippen LogP contribution in [0.25, 0.3) is 6.08 Å². The standard InChI is InChI=1S/C19H13BrN2O4S2/c20-12-5-3-4-11(8-12)9-15-17(24)22(19(27)28-15)10-16(23)21-14-7-2-1-6-13(14)18(25)26/h1-9H,10H2,(H,21,23)(H,25,26)/p-1. The Morgan fingerprint density at radius 3 is 2.68 bits per heavy atom. The van der Waals surface area contributed by atoms with Crippen molar-refractivity contribution in [2.75, 3.05) is 11.9 Å². The summed E-state index contributed by atoms with van der Waals surface area (Å²) in [6.07, 6.45) is 1.70. The molecule has 0 aromatic heterocycles. The number of hydrogen-bond acceptors (Lipinski definition) is 6. The zero-order valence-corrected chi connectivity index (χ0v) is 17.4. The zero-order chi connectivity index (χ0) is 20.3. The molecule has 0 spiro atoms. The fourth-order valence-corrected chi connectivity index (χ4v) is 4.16. The molecule has 2 aromatic carbocycles. The molecule has 1 fully saturated rings. The molecular formula is C19H12BrN2O4S2-. The van der Waals surface area contributed by atoms with Crippen LogP contribution in [0.5, 0.6) is 0 Å². The van der Waals surface area contributed by atoms with Gasteiger partial charge in [-0.05, 0) is 29.8 Å². The quantitative estimate of drug-likeness (QED) is 0.528. The minimum atomic E-state index is -1.40. The third kappa shape index (κ3) is 4.67. The molecule has 2 aromatic rings. The first-order chi connectivity index (χ1) is 13.3. The summed E-state index contributed by atoms with van der Waals surface area (Å²) < 4.78 is 1.14. The molecular weight excluding hydrogens is 464 g/mol. The molecule has 0 atom stereocenters. The summed E-state index contributed by atoms with van der Waals surface area (Å²) in [6, 6.07) is 13.3. The molecule has 3 rings (SSSR count). The maximum Gasteiger partial charge on any atom is 0.266 e. The van der Waals surface area contributed by atoms with Crippen molar-refractivity contribution in [3.8, 4) is 0 Å². The van der Waals surface area contributed by atoms with E-state index in [-0.39, 0.29) is 28.0 Å². The van der Waals surface area contributed by atoms with E-state index in [2.05, 4.69) is 21.2 Å². The van der Waals surface area contributed by atoms with Crippen LogP contribution < -0.4 is 10.4 Å². The average Bonchev–Trinajstić information content (AvgIpc) is 2.89. The van der Waals surface area contributed by atoms with E-state index in [1.807, 2.05) is 24.3 Å². The number of para-hydroxylation sites is 1. The molecule has 1 aliphatic rings. The lowest BCUT2D eigenvalue weighted by atomic mass is 10.2. The van der Waals surface area contributed by atoms with E-state index < -0.39 is 11.9 Å². The van der Waals surface area contributed by atoms with E-state index in [9.17, 15) is 19.5 Å². The van der Waals surface area contributed by atoms with Crippen LogP contribution in [-0.2, 0) is 9.59 Å². The van der Waals surface area contributed by atoms with Crippen LogP contribution in [0.15, 0.2) is 57.9 Å². The number of amides is 2. The van der Waals surface area contributed by atoms with Crippen LogP contribution in [0.3, 0.4) is 0 Å². The van der Waals surface area contributed by atoms with Crippen molar-refractivity contribution in [2.45, 2.75) is 0 Å². The smallest absolute Gasteiger partial charge is 0.266 e. The molecule has 142 valence electrons. The van der Waals surface area contributed by atoms with Crippen molar-refractivity contribution in [1.82, 2.24) is 4.90 Å². The number of thiocarbonyl (C=S) groups is 1. The summed E-state index contributed by atoms with van der Waals surface area (Å²) in [6.45, 7) is -0.318. The van der Waals surface area contributed by atoms with Crippen molar-refractivity contribution >= 4 is 73.8 Å². The van der Waals surface area contributed by atoms with E-state index in [0.717, 1.165) is 21.8 Å². The van der Waals surface area contributed by atoms with E-state index in [1.165, 1.54) is 23.1 Å². The summed E-state index contributed by atoms with van der Waals surface area (Å²) >= 11 is 9.70. The van der Waals surface area contributed by atoms with Crippen molar-refractivity contribution in [3.63, 3.8) is 0 Å². The third-order valence-corrected chi connectivity index (χ3v) is 5.61. The van der Waals surface area contributed by atoms with Gasteiger partial charge in [0.1, 0.15) is 10.9 Å². The average molecular weight is 476 g/mol. The molecule has 0 bridgehead atoms. The normalized spacial score (nSPS) is 15.2. The first-order valence-electron chi connectivity index (χ1n) is 7.96. The molecule has 0 unspecified atom stereocenters. The van der Waals surface area contributed by atoms with Gasteiger partial charge in [-0.3, -0.25) is 14.5 Å². The number of hydrogen-bond donors (Lipinski definition) is 1. The number of anilines is 1. The van der Waals surface area contributed by atoms with Crippen LogP contribution in [0.4, 0.5) is 5.69 Å². The molecule has 6 nitrogen and oxygen atoms in total. The van der Waals surface area contributed by atoms with Gasteiger partial charge in [0, 0.05) is 15.7 Å². The number of rotatable bonds is 5. The number of benzene rings is 2. The van der Waals surface area contributed by atoms with Crippen LogP contribution in [0, 0.1) is 0 Å². The highest BCUT2D eigenvalue weighted by Gasteiger charge is 2.33. The molecule has 1 N–H and O–H groups in total. The van der Waals surface area contributed by atoms with E-state index in [0.29, 0.717) is 4.91 Å². The number of carboxylic acids is 1. The van der Waals surface area contributed by atoms with Crippen LogP contribution in [-0.4, -0.2) is 33.5 Å². The number of halogens is 1. The van der Waals surface area contributed by atoms with E-state index in [1.54, 1.807) is 12.1 Å². The second-order valence-corrected chi connectivity index (χ2v) is 8.30. The fraction of sp³-hybridized carbons (Fsp3) is 0.0526. The molecule has 0 radical (unpaired) electrons. The number of carbonyl (C=O) groups excluding carboxylic acids is 3. The van der Waals surface area contributed by atoms with Gasteiger partial charge in [0.25, 0.3) is 5.91 Å². The summed E-state index contributed by atoms with van der Waals surface area (Å²) in [5.41, 5.74) is 0.778. The predicted molar refractivity (Wildman–Crippen MR) is 113 cm³/mol. The molecule has 1 saturated heterocycles. The number of carboxylic acid groups (broad SMARTS) is 1. The van der Waals surface area contributed by atoms with Crippen LogP contribution in [0.2, 0.25) is 0 Å². The molecule has 9 heteroatoms. The SMILES string of the molecule is O=C(CN1C(=O)C(=Cc2cccc(Br)c2)SC1=S)Nc1ccccc1C(=O)[O-]. The fourth-order valence-electron chi connectivity index (χ4n) is 2.49. The van der Waals surface area contributed by atoms with Gasteiger partial charge in [-0.1, -0.05) is 70.2 Å². The molecule has 1 aliphatic heterocycles. The minimum Gasteiger partial charge on any atom is -0.545 e. The highest BCUT2D eigenvalue weighted by Crippen LogP contribution is 2.32. The topological polar surface area (TPSA) is 89.5 Å². The second kappa shape index (κ2) is 8.68. The summed E-state index contributed by atoms with van der Waals surface area (Å²) in [5.74, 6) is -2.34. The van der Waals surface area contributed by atoms with Gasteiger partial charge in [-0.25, -0.2) is 0 Å². The van der Waals surface area contributed by atoms with Gasteiger partial charge < -0.3 is 15.2 Å². The van der Waals surface area contributed by atoms with Crippen molar-refractivity contribution < 1.29 is 19.5 Å². The molecule has 0 saturated carbocycles. The third-order valence-electron chi connectivity index (χ3n) is 3.74. The van der Waals surface area contributed by atoms with Crippen LogP contribution >= 0.6 is 39.9 Å². The molecule has 28 heavy (non-hydrogen) atoms. The Morgan fingerprint density at radius 2 is 1.96 bits per heavy atom. The first-order valence-corrected chi connectivity index (χ1v) is 9.98. The molecule has 1 heterocycles. The van der Waals surface area contributed by atoms with E-state index in [4.69, 9.17) is 12.2 Å². The lowest BCUT2D eigenvalue weighted by Crippen LogP contribution is -2.36. The maximum atomic E-state index is 12.6. The number of nitrogens with one attached hydrogen (secondary N) is 1. The van der Waals surface area contributed by atoms with Crippen molar-refractivity contribution in [1.29, 1.82) is 0 Å². The Morgan fingerprint density at radius 1 is 1.21 bits per heavy atom. The predicted octanol–water partition coefficient (Wildman–Crippen LogP) is 2.65. The van der Waals surface area contributed by atoms with Gasteiger partial charge in [-0.2, -0.15) is 0 Å². The largest absolute Gasteiger partial charge is 0.545 e. The van der Waals surface area contributed by atoms with Gasteiger partial charge in [-0.15, -0.1) is 0 Å². The van der Waals surface area contributed by atoms with Gasteiger partial charge in [0.05, 0.1) is 10.9 Å². The van der Waals surface area contributed by atoms with Gasteiger partial charge in [0.2, 0.25) is 5.91 Å². The maximum absolute atomic E-state index is 12.6. The Hall–Kier alpha value is -2.49. The van der Waals surface area contributed by atoms with E-state index >= 15 is 0 Å².